The van der Waals surface area contributed by atoms with Gasteiger partial charge in [0.05, 0.1) is 23.7 Å². The molecule has 2 heterocycles. The Bertz CT molecular complexity index is 978. The highest BCUT2D eigenvalue weighted by Crippen LogP contribution is 2.28. The third-order valence-corrected chi connectivity index (χ3v) is 7.40. The number of rotatable bonds is 3. The number of hydrogen-bond acceptors (Lipinski definition) is 4. The van der Waals surface area contributed by atoms with E-state index in [4.69, 9.17) is 0 Å². The van der Waals surface area contributed by atoms with Crippen LogP contribution in [0.3, 0.4) is 0 Å². The molecule has 6 heteroatoms. The van der Waals surface area contributed by atoms with E-state index >= 15 is 0 Å². The van der Waals surface area contributed by atoms with Crippen molar-refractivity contribution in [2.75, 3.05) is 5.75 Å². The number of hydrogen-bond donors (Lipinski definition) is 0. The van der Waals surface area contributed by atoms with Crippen LogP contribution in [0.2, 0.25) is 0 Å². The molecular weight excluding hydrogens is 346 g/mol. The molecule has 0 bridgehead atoms. The lowest BCUT2D eigenvalue weighted by atomic mass is 10.0. The van der Waals surface area contributed by atoms with Gasteiger partial charge in [0.1, 0.15) is 5.69 Å². The van der Waals surface area contributed by atoms with Crippen molar-refractivity contribution in [3.8, 4) is 23.1 Å². The van der Waals surface area contributed by atoms with Gasteiger partial charge in [-0.05, 0) is 50.3 Å². The normalized spacial score (nSPS) is 21.8. The summed E-state index contributed by atoms with van der Waals surface area (Å²) >= 11 is 0. The van der Waals surface area contributed by atoms with E-state index in [0.29, 0.717) is 24.6 Å². The summed E-state index contributed by atoms with van der Waals surface area (Å²) in [6, 6.07) is 6.12. The highest BCUT2D eigenvalue weighted by molar-refractivity contribution is 7.92. The third kappa shape index (κ3) is 3.83. The highest BCUT2D eigenvalue weighted by Gasteiger charge is 2.29. The quantitative estimate of drug-likeness (QED) is 0.780. The van der Waals surface area contributed by atoms with Crippen LogP contribution in [0.25, 0.3) is 11.3 Å². The van der Waals surface area contributed by atoms with Crippen LogP contribution in [-0.4, -0.2) is 34.4 Å². The summed E-state index contributed by atoms with van der Waals surface area (Å²) in [5.41, 5.74) is 3.92. The molecule has 2 aliphatic rings. The lowest BCUT2D eigenvalue weighted by molar-refractivity contribution is 0.484. The largest absolute Gasteiger partial charge is 0.251 e. The van der Waals surface area contributed by atoms with Crippen molar-refractivity contribution in [3.63, 3.8) is 0 Å². The fourth-order valence-electron chi connectivity index (χ4n) is 3.39. The SMILES string of the molecule is Cc1cc(C#CC2CC2)ccc1-c1cn(C[C@H]2CCCCS2(=O)=O)nn1. The predicted molar refractivity (Wildman–Crippen MR) is 101 cm³/mol. The summed E-state index contributed by atoms with van der Waals surface area (Å²) in [7, 11) is -3.00. The highest BCUT2D eigenvalue weighted by atomic mass is 32.2. The van der Waals surface area contributed by atoms with Crippen LogP contribution in [0.1, 0.15) is 43.2 Å². The molecule has 0 N–H and O–H groups in total. The molecule has 26 heavy (non-hydrogen) atoms. The van der Waals surface area contributed by atoms with E-state index in [0.717, 1.165) is 35.2 Å². The zero-order chi connectivity index (χ0) is 18.1. The molecule has 1 saturated carbocycles. The van der Waals surface area contributed by atoms with Crippen molar-refractivity contribution in [2.45, 2.75) is 50.8 Å². The topological polar surface area (TPSA) is 64.8 Å². The van der Waals surface area contributed by atoms with E-state index in [1.165, 1.54) is 12.8 Å². The molecule has 2 aromatic rings. The van der Waals surface area contributed by atoms with Crippen LogP contribution >= 0.6 is 0 Å². The van der Waals surface area contributed by atoms with Crippen molar-refractivity contribution in [3.05, 3.63) is 35.5 Å². The number of benzene rings is 1. The number of sulfone groups is 1. The van der Waals surface area contributed by atoms with E-state index in [9.17, 15) is 8.42 Å². The van der Waals surface area contributed by atoms with Crippen LogP contribution < -0.4 is 0 Å². The van der Waals surface area contributed by atoms with Crippen LogP contribution in [0, 0.1) is 24.7 Å². The van der Waals surface area contributed by atoms with E-state index in [1.54, 1.807) is 4.68 Å². The number of aryl methyl sites for hydroxylation is 1. The summed E-state index contributed by atoms with van der Waals surface area (Å²) in [5, 5.41) is 8.07. The Morgan fingerprint density at radius 3 is 2.81 bits per heavy atom. The monoisotopic (exact) mass is 369 g/mol. The Labute approximate surface area is 154 Å². The molecule has 5 nitrogen and oxygen atoms in total. The van der Waals surface area contributed by atoms with Crippen molar-refractivity contribution in [1.82, 2.24) is 15.0 Å². The van der Waals surface area contributed by atoms with Gasteiger partial charge in [-0.2, -0.15) is 0 Å². The second kappa shape index (κ2) is 6.88. The summed E-state index contributed by atoms with van der Waals surface area (Å²) in [4.78, 5) is 0. The van der Waals surface area contributed by atoms with E-state index < -0.39 is 9.84 Å². The third-order valence-electron chi connectivity index (χ3n) is 5.14. The Morgan fingerprint density at radius 2 is 2.08 bits per heavy atom. The zero-order valence-corrected chi connectivity index (χ0v) is 15.8. The molecule has 1 aliphatic carbocycles. The van der Waals surface area contributed by atoms with Gasteiger partial charge in [-0.1, -0.05) is 29.5 Å². The number of aromatic nitrogens is 3. The summed E-state index contributed by atoms with van der Waals surface area (Å²) in [6.07, 6.45) is 6.76. The number of nitrogens with zero attached hydrogens (tertiary/aromatic N) is 3. The molecule has 1 aromatic carbocycles. The van der Waals surface area contributed by atoms with Crippen molar-refractivity contribution >= 4 is 9.84 Å². The molecule has 1 aromatic heterocycles. The van der Waals surface area contributed by atoms with Gasteiger partial charge in [0.25, 0.3) is 0 Å². The maximum absolute atomic E-state index is 12.2. The minimum Gasteiger partial charge on any atom is -0.251 e. The molecule has 0 amide bonds. The van der Waals surface area contributed by atoms with Crippen LogP contribution in [0.4, 0.5) is 0 Å². The first kappa shape index (κ1) is 17.3. The zero-order valence-electron chi connectivity index (χ0n) is 15.0. The first-order valence-electron chi connectivity index (χ1n) is 9.25. The molecule has 1 saturated heterocycles. The Hall–Kier alpha value is -2.13. The fraction of sp³-hybridized carbons (Fsp3) is 0.500. The van der Waals surface area contributed by atoms with Crippen molar-refractivity contribution < 1.29 is 8.42 Å². The standard InChI is InChI=1S/C20H23N3O2S/c1-15-12-17(8-7-16-5-6-16)9-10-19(15)20-14-23(22-21-20)13-18-4-2-3-11-26(18,24)25/h9-10,12,14,16,18H,2-6,11,13H2,1H3/t18-/m1/s1. The van der Waals surface area contributed by atoms with Crippen molar-refractivity contribution in [2.24, 2.45) is 5.92 Å². The predicted octanol–water partition coefficient (Wildman–Crippen LogP) is 2.98. The molecule has 0 unspecified atom stereocenters. The van der Waals surface area contributed by atoms with E-state index in [-0.39, 0.29) is 5.25 Å². The van der Waals surface area contributed by atoms with Gasteiger partial charge in [0.15, 0.2) is 9.84 Å². The van der Waals surface area contributed by atoms with Gasteiger partial charge in [0.2, 0.25) is 0 Å². The Morgan fingerprint density at radius 1 is 1.23 bits per heavy atom. The summed E-state index contributed by atoms with van der Waals surface area (Å²) < 4.78 is 26.1. The van der Waals surface area contributed by atoms with Crippen LogP contribution in [0.5, 0.6) is 0 Å². The lowest BCUT2D eigenvalue weighted by Gasteiger charge is -2.21. The average Bonchev–Trinajstić information content (AvgIpc) is 3.33. The molecule has 2 fully saturated rings. The van der Waals surface area contributed by atoms with Crippen LogP contribution in [-0.2, 0) is 16.4 Å². The Kier molecular flexibility index (Phi) is 4.58. The van der Waals surface area contributed by atoms with Gasteiger partial charge in [0, 0.05) is 17.0 Å². The van der Waals surface area contributed by atoms with Crippen LogP contribution in [0.15, 0.2) is 24.4 Å². The van der Waals surface area contributed by atoms with Gasteiger partial charge in [-0.25, -0.2) is 8.42 Å². The maximum Gasteiger partial charge on any atom is 0.154 e. The average molecular weight is 369 g/mol. The molecule has 1 atom stereocenters. The maximum atomic E-state index is 12.2. The van der Waals surface area contributed by atoms with Gasteiger partial charge < -0.3 is 0 Å². The smallest absolute Gasteiger partial charge is 0.154 e. The Balaban J connectivity index is 1.51. The molecule has 1 aliphatic heterocycles. The second-order valence-corrected chi connectivity index (χ2v) is 9.78. The minimum atomic E-state index is -3.00. The van der Waals surface area contributed by atoms with Gasteiger partial charge >= 0.3 is 0 Å². The fourth-order valence-corrected chi connectivity index (χ4v) is 5.23. The molecule has 0 spiro atoms. The molecule has 136 valence electrons. The summed E-state index contributed by atoms with van der Waals surface area (Å²) in [6.45, 7) is 2.43. The molecule has 4 rings (SSSR count). The minimum absolute atomic E-state index is 0.293. The second-order valence-electron chi connectivity index (χ2n) is 7.38. The molecule has 0 radical (unpaired) electrons. The van der Waals surface area contributed by atoms with E-state index in [1.807, 2.05) is 25.3 Å². The van der Waals surface area contributed by atoms with E-state index in [2.05, 4.69) is 28.2 Å². The first-order valence-corrected chi connectivity index (χ1v) is 11.0. The molecular formula is C20H23N3O2S. The van der Waals surface area contributed by atoms with Gasteiger partial charge in [-0.3, -0.25) is 4.68 Å². The lowest BCUT2D eigenvalue weighted by Crippen LogP contribution is -2.32. The van der Waals surface area contributed by atoms with Gasteiger partial charge in [-0.15, -0.1) is 5.10 Å². The van der Waals surface area contributed by atoms with Crippen molar-refractivity contribution in [1.29, 1.82) is 0 Å². The summed E-state index contributed by atoms with van der Waals surface area (Å²) in [5.74, 6) is 7.40. The first-order chi connectivity index (χ1) is 12.5.